The fourth-order valence-electron chi connectivity index (χ4n) is 3.82. The highest BCUT2D eigenvalue weighted by atomic mass is 16.5. The molecular formula is C21H31N3O3. The van der Waals surface area contributed by atoms with Crippen molar-refractivity contribution in [2.24, 2.45) is 17.6 Å². The second kappa shape index (κ2) is 9.24. The second-order valence-electron chi connectivity index (χ2n) is 7.23. The first kappa shape index (κ1) is 19.7. The minimum Gasteiger partial charge on any atom is -0.493 e. The van der Waals surface area contributed by atoms with Gasteiger partial charge in [0, 0.05) is 43.5 Å². The average Bonchev–Trinajstić information content (AvgIpc) is 2.72. The Morgan fingerprint density at radius 3 is 2.63 bits per heavy atom. The van der Waals surface area contributed by atoms with Gasteiger partial charge in [-0.15, -0.1) is 0 Å². The number of aromatic nitrogens is 1. The number of ether oxygens (including phenoxy) is 3. The average molecular weight is 373 g/mol. The third-order valence-electron chi connectivity index (χ3n) is 5.61. The van der Waals surface area contributed by atoms with Crippen LogP contribution in [0.3, 0.4) is 0 Å². The van der Waals surface area contributed by atoms with Gasteiger partial charge < -0.3 is 24.8 Å². The molecule has 1 fully saturated rings. The number of anilines is 1. The van der Waals surface area contributed by atoms with Gasteiger partial charge in [-0.2, -0.15) is 0 Å². The van der Waals surface area contributed by atoms with Crippen LogP contribution in [0, 0.1) is 11.8 Å². The van der Waals surface area contributed by atoms with Gasteiger partial charge in [-0.3, -0.25) is 4.98 Å². The normalized spacial score (nSPS) is 16.5. The standard InChI is InChI=1S/C21H31N3O3/c1-15(14-22)16-5-8-24(9-6-16)19-4-7-23-18-13-20(26-3)21(12-17(18)19)27-11-10-25-2/h4,7,12-13,15-16H,5-6,8-11,14,22H2,1-3H3/t15-/m1/s1. The lowest BCUT2D eigenvalue weighted by Crippen LogP contribution is -2.37. The number of hydrogen-bond donors (Lipinski definition) is 1. The fraction of sp³-hybridized carbons (Fsp3) is 0.571. The van der Waals surface area contributed by atoms with Crippen LogP contribution in [0.1, 0.15) is 19.8 Å². The molecule has 6 nitrogen and oxygen atoms in total. The molecule has 0 radical (unpaired) electrons. The largest absolute Gasteiger partial charge is 0.493 e. The number of fused-ring (bicyclic) bond motifs is 1. The Bertz CT molecular complexity index is 745. The van der Waals surface area contributed by atoms with Crippen molar-refractivity contribution in [3.05, 3.63) is 24.4 Å². The first-order chi connectivity index (χ1) is 13.2. The smallest absolute Gasteiger partial charge is 0.162 e. The summed E-state index contributed by atoms with van der Waals surface area (Å²) in [7, 11) is 3.32. The van der Waals surface area contributed by atoms with Gasteiger partial charge in [0.15, 0.2) is 11.5 Å². The Morgan fingerprint density at radius 1 is 1.19 bits per heavy atom. The Balaban J connectivity index is 1.86. The molecule has 1 aliphatic heterocycles. The summed E-state index contributed by atoms with van der Waals surface area (Å²) in [5, 5.41) is 1.09. The lowest BCUT2D eigenvalue weighted by molar-refractivity contribution is 0.144. The van der Waals surface area contributed by atoms with Crippen molar-refractivity contribution >= 4 is 16.6 Å². The zero-order chi connectivity index (χ0) is 19.2. The van der Waals surface area contributed by atoms with E-state index in [0.717, 1.165) is 36.3 Å². The van der Waals surface area contributed by atoms with Crippen molar-refractivity contribution in [2.75, 3.05) is 52.0 Å². The Labute approximate surface area is 161 Å². The summed E-state index contributed by atoms with van der Waals surface area (Å²) in [4.78, 5) is 6.99. The maximum Gasteiger partial charge on any atom is 0.162 e. The van der Waals surface area contributed by atoms with Crippen molar-refractivity contribution in [3.63, 3.8) is 0 Å². The SMILES string of the molecule is COCCOc1cc2c(N3CCC([C@H](C)CN)CC3)ccnc2cc1OC. The molecule has 0 spiro atoms. The van der Waals surface area contributed by atoms with Crippen LogP contribution in [0.4, 0.5) is 5.69 Å². The topological polar surface area (TPSA) is 69.8 Å². The van der Waals surface area contributed by atoms with E-state index in [4.69, 9.17) is 19.9 Å². The van der Waals surface area contributed by atoms with Crippen LogP contribution in [0.5, 0.6) is 11.5 Å². The number of hydrogen-bond acceptors (Lipinski definition) is 6. The van der Waals surface area contributed by atoms with E-state index in [0.29, 0.717) is 30.8 Å². The maximum absolute atomic E-state index is 5.87. The van der Waals surface area contributed by atoms with Crippen LogP contribution >= 0.6 is 0 Å². The molecule has 0 unspecified atom stereocenters. The van der Waals surface area contributed by atoms with Crippen LogP contribution < -0.4 is 20.1 Å². The van der Waals surface area contributed by atoms with Crippen LogP contribution in [0.25, 0.3) is 10.9 Å². The highest BCUT2D eigenvalue weighted by molar-refractivity contribution is 5.94. The lowest BCUT2D eigenvalue weighted by atomic mass is 9.85. The molecule has 0 aliphatic carbocycles. The van der Waals surface area contributed by atoms with Gasteiger partial charge in [0.2, 0.25) is 0 Å². The third kappa shape index (κ3) is 4.45. The quantitative estimate of drug-likeness (QED) is 0.717. The van der Waals surface area contributed by atoms with Crippen molar-refractivity contribution in [1.29, 1.82) is 0 Å². The summed E-state index contributed by atoms with van der Waals surface area (Å²) in [6, 6.07) is 6.09. The summed E-state index contributed by atoms with van der Waals surface area (Å²) in [5.41, 5.74) is 7.98. The first-order valence-electron chi connectivity index (χ1n) is 9.71. The molecule has 6 heteroatoms. The van der Waals surface area contributed by atoms with E-state index in [9.17, 15) is 0 Å². The Hall–Kier alpha value is -2.05. The molecule has 1 saturated heterocycles. The molecule has 1 aromatic carbocycles. The monoisotopic (exact) mass is 373 g/mol. The van der Waals surface area contributed by atoms with Crippen molar-refractivity contribution < 1.29 is 14.2 Å². The first-order valence-corrected chi connectivity index (χ1v) is 9.71. The van der Waals surface area contributed by atoms with Crippen LogP contribution in [-0.4, -0.2) is 52.1 Å². The second-order valence-corrected chi connectivity index (χ2v) is 7.23. The number of piperidine rings is 1. The van der Waals surface area contributed by atoms with E-state index in [1.165, 1.54) is 18.5 Å². The van der Waals surface area contributed by atoms with Crippen LogP contribution in [-0.2, 0) is 4.74 Å². The number of methoxy groups -OCH3 is 2. The van der Waals surface area contributed by atoms with E-state index in [1.807, 2.05) is 18.3 Å². The summed E-state index contributed by atoms with van der Waals surface area (Å²) < 4.78 is 16.4. The van der Waals surface area contributed by atoms with E-state index < -0.39 is 0 Å². The van der Waals surface area contributed by atoms with E-state index in [1.54, 1.807) is 14.2 Å². The van der Waals surface area contributed by atoms with Gasteiger partial charge in [0.05, 0.1) is 19.2 Å². The number of rotatable bonds is 8. The predicted octanol–water partition coefficient (Wildman–Crippen LogP) is 3.08. The van der Waals surface area contributed by atoms with Gasteiger partial charge in [-0.05, 0) is 43.4 Å². The molecule has 1 aromatic heterocycles. The Kier molecular flexibility index (Phi) is 6.74. The number of pyridine rings is 1. The van der Waals surface area contributed by atoms with Crippen LogP contribution in [0.2, 0.25) is 0 Å². The highest BCUT2D eigenvalue weighted by Gasteiger charge is 2.24. The lowest BCUT2D eigenvalue weighted by Gasteiger charge is -2.36. The van der Waals surface area contributed by atoms with Crippen molar-refractivity contribution in [1.82, 2.24) is 4.98 Å². The maximum atomic E-state index is 5.87. The molecule has 2 aromatic rings. The molecule has 0 amide bonds. The molecule has 27 heavy (non-hydrogen) atoms. The van der Waals surface area contributed by atoms with Gasteiger partial charge in [-0.25, -0.2) is 0 Å². The zero-order valence-corrected chi connectivity index (χ0v) is 16.6. The number of nitrogens with zero attached hydrogens (tertiary/aromatic N) is 2. The summed E-state index contributed by atoms with van der Waals surface area (Å²) >= 11 is 0. The third-order valence-corrected chi connectivity index (χ3v) is 5.61. The summed E-state index contributed by atoms with van der Waals surface area (Å²) in [6.07, 6.45) is 4.22. The minimum absolute atomic E-state index is 0.482. The molecule has 148 valence electrons. The molecule has 0 saturated carbocycles. The minimum atomic E-state index is 0.482. The molecule has 0 bridgehead atoms. The van der Waals surface area contributed by atoms with Gasteiger partial charge in [0.1, 0.15) is 6.61 Å². The molecule has 1 atom stereocenters. The van der Waals surface area contributed by atoms with Crippen molar-refractivity contribution in [2.45, 2.75) is 19.8 Å². The van der Waals surface area contributed by atoms with E-state index in [-0.39, 0.29) is 0 Å². The highest BCUT2D eigenvalue weighted by Crippen LogP contribution is 2.37. The zero-order valence-electron chi connectivity index (χ0n) is 16.6. The van der Waals surface area contributed by atoms with Gasteiger partial charge >= 0.3 is 0 Å². The van der Waals surface area contributed by atoms with E-state index in [2.05, 4.69) is 22.9 Å². The Morgan fingerprint density at radius 2 is 1.96 bits per heavy atom. The van der Waals surface area contributed by atoms with Gasteiger partial charge in [0.25, 0.3) is 0 Å². The number of nitrogens with two attached hydrogens (primary N) is 1. The molecule has 1 aliphatic rings. The number of benzene rings is 1. The predicted molar refractivity (Wildman–Crippen MR) is 109 cm³/mol. The van der Waals surface area contributed by atoms with Gasteiger partial charge in [-0.1, -0.05) is 6.92 Å². The van der Waals surface area contributed by atoms with E-state index >= 15 is 0 Å². The van der Waals surface area contributed by atoms with Crippen molar-refractivity contribution in [3.8, 4) is 11.5 Å². The summed E-state index contributed by atoms with van der Waals surface area (Å²) in [6.45, 7) is 6.13. The van der Waals surface area contributed by atoms with Crippen LogP contribution in [0.15, 0.2) is 24.4 Å². The fourth-order valence-corrected chi connectivity index (χ4v) is 3.82. The molecule has 2 N–H and O–H groups in total. The molecule has 3 rings (SSSR count). The molecular weight excluding hydrogens is 342 g/mol. The summed E-state index contributed by atoms with van der Waals surface area (Å²) in [5.74, 6) is 2.72. The molecule has 2 heterocycles.